The zero-order valence-electron chi connectivity index (χ0n) is 10.7. The third kappa shape index (κ3) is 3.46. The monoisotopic (exact) mass is 270 g/mol. The van der Waals surface area contributed by atoms with E-state index in [0.29, 0.717) is 29.9 Å². The Morgan fingerprint density at radius 1 is 1.40 bits per heavy atom. The van der Waals surface area contributed by atoms with Gasteiger partial charge >= 0.3 is 0 Å². The van der Waals surface area contributed by atoms with Crippen LogP contribution in [0.4, 0.5) is 0 Å². The number of aliphatic hydroxyl groups is 1. The van der Waals surface area contributed by atoms with Crippen LogP contribution in [0.3, 0.4) is 0 Å². The highest BCUT2D eigenvalue weighted by atomic mass is 16.4. The Balaban J connectivity index is 1.85. The van der Waals surface area contributed by atoms with Gasteiger partial charge in [-0.25, -0.2) is 0 Å². The molecule has 0 spiro atoms. The summed E-state index contributed by atoms with van der Waals surface area (Å²) in [6, 6.07) is 11.8. The molecule has 5 nitrogen and oxygen atoms in total. The highest BCUT2D eigenvalue weighted by Crippen LogP contribution is 2.15. The molecule has 0 saturated carbocycles. The lowest BCUT2D eigenvalue weighted by atomic mass is 10.1. The molecule has 2 rings (SSSR count). The number of amides is 1. The number of nitriles is 1. The Kier molecular flexibility index (Phi) is 4.53. The highest BCUT2D eigenvalue weighted by molar-refractivity contribution is 5.94. The zero-order chi connectivity index (χ0) is 14.4. The van der Waals surface area contributed by atoms with Crippen LogP contribution in [-0.2, 0) is 0 Å². The summed E-state index contributed by atoms with van der Waals surface area (Å²) in [7, 11) is 0. The summed E-state index contributed by atoms with van der Waals surface area (Å²) >= 11 is 0. The van der Waals surface area contributed by atoms with Gasteiger partial charge in [-0.1, -0.05) is 6.07 Å². The van der Waals surface area contributed by atoms with Crippen molar-refractivity contribution in [1.29, 1.82) is 5.26 Å². The van der Waals surface area contributed by atoms with E-state index in [1.165, 1.54) is 12.3 Å². The molecule has 0 radical (unpaired) electrons. The summed E-state index contributed by atoms with van der Waals surface area (Å²) in [4.78, 5) is 11.9. The van der Waals surface area contributed by atoms with Crippen LogP contribution >= 0.6 is 0 Å². The highest BCUT2D eigenvalue weighted by Gasteiger charge is 2.11. The van der Waals surface area contributed by atoms with Gasteiger partial charge in [0.25, 0.3) is 5.91 Å². The number of aliphatic hydroxyl groups excluding tert-OH is 1. The second-order valence-electron chi connectivity index (χ2n) is 4.27. The summed E-state index contributed by atoms with van der Waals surface area (Å²) in [6.45, 7) is 0.317. The van der Waals surface area contributed by atoms with E-state index in [1.807, 2.05) is 6.07 Å². The lowest BCUT2D eigenvalue weighted by Crippen LogP contribution is -2.25. The minimum absolute atomic E-state index is 0.270. The molecule has 2 N–H and O–H groups in total. The predicted molar refractivity (Wildman–Crippen MR) is 71.8 cm³/mol. The minimum atomic E-state index is -0.740. The number of nitrogens with zero attached hydrogens (tertiary/aromatic N) is 1. The van der Waals surface area contributed by atoms with Gasteiger partial charge in [-0.2, -0.15) is 5.26 Å². The number of furan rings is 1. The molecule has 1 aromatic heterocycles. The summed E-state index contributed by atoms with van der Waals surface area (Å²) in [5.41, 5.74) is 0.866. The first kappa shape index (κ1) is 13.8. The van der Waals surface area contributed by atoms with E-state index in [9.17, 15) is 9.90 Å². The molecule has 0 fully saturated rings. The molecule has 0 aliphatic heterocycles. The first-order valence-electron chi connectivity index (χ1n) is 6.20. The lowest BCUT2D eigenvalue weighted by Gasteiger charge is -2.09. The van der Waals surface area contributed by atoms with Crippen molar-refractivity contribution in [3.63, 3.8) is 0 Å². The van der Waals surface area contributed by atoms with E-state index >= 15 is 0 Å². The van der Waals surface area contributed by atoms with Gasteiger partial charge in [-0.05, 0) is 36.8 Å². The van der Waals surface area contributed by atoms with Gasteiger partial charge in [-0.3, -0.25) is 4.79 Å². The molecule has 102 valence electrons. The van der Waals surface area contributed by atoms with Crippen molar-refractivity contribution >= 4 is 5.91 Å². The van der Waals surface area contributed by atoms with Crippen molar-refractivity contribution in [2.45, 2.75) is 12.5 Å². The molecule has 0 aliphatic rings. The normalized spacial score (nSPS) is 11.6. The van der Waals surface area contributed by atoms with Gasteiger partial charge in [0.1, 0.15) is 11.9 Å². The third-order valence-corrected chi connectivity index (χ3v) is 2.83. The Morgan fingerprint density at radius 3 is 2.95 bits per heavy atom. The summed E-state index contributed by atoms with van der Waals surface area (Å²) in [5.74, 6) is 0.208. The molecule has 0 bridgehead atoms. The van der Waals surface area contributed by atoms with Crippen molar-refractivity contribution < 1.29 is 14.3 Å². The second kappa shape index (κ2) is 6.55. The molecule has 0 saturated heterocycles. The zero-order valence-corrected chi connectivity index (χ0v) is 10.7. The number of carbonyl (C=O) groups is 1. The molecule has 1 heterocycles. The van der Waals surface area contributed by atoms with E-state index in [1.54, 1.807) is 30.3 Å². The Morgan fingerprint density at radius 2 is 2.25 bits per heavy atom. The number of nitrogens with one attached hydrogen (secondary N) is 1. The van der Waals surface area contributed by atoms with E-state index < -0.39 is 6.10 Å². The molecule has 1 amide bonds. The molecule has 0 aliphatic carbocycles. The molecular formula is C15H14N2O3. The maximum absolute atomic E-state index is 11.9. The van der Waals surface area contributed by atoms with Gasteiger partial charge in [0, 0.05) is 12.1 Å². The average Bonchev–Trinajstić information content (AvgIpc) is 3.01. The Bertz CT molecular complexity index is 614. The molecule has 1 aromatic carbocycles. The van der Waals surface area contributed by atoms with E-state index in [-0.39, 0.29) is 5.91 Å². The van der Waals surface area contributed by atoms with Crippen LogP contribution in [0.5, 0.6) is 0 Å². The van der Waals surface area contributed by atoms with Gasteiger partial charge in [0.05, 0.1) is 17.9 Å². The van der Waals surface area contributed by atoms with Crippen molar-refractivity contribution in [3.05, 3.63) is 59.5 Å². The number of rotatable bonds is 5. The van der Waals surface area contributed by atoms with Gasteiger partial charge in [0.15, 0.2) is 0 Å². The van der Waals surface area contributed by atoms with Crippen molar-refractivity contribution in [2.24, 2.45) is 0 Å². The molecule has 2 aromatic rings. The van der Waals surface area contributed by atoms with Gasteiger partial charge in [-0.15, -0.1) is 0 Å². The van der Waals surface area contributed by atoms with Crippen molar-refractivity contribution in [1.82, 2.24) is 5.32 Å². The lowest BCUT2D eigenvalue weighted by molar-refractivity contribution is 0.0936. The van der Waals surface area contributed by atoms with E-state index in [0.717, 1.165) is 0 Å². The summed E-state index contributed by atoms with van der Waals surface area (Å²) in [6.07, 6.45) is 1.11. The van der Waals surface area contributed by atoms with Crippen LogP contribution in [0.15, 0.2) is 47.1 Å². The molecular weight excluding hydrogens is 256 g/mol. The van der Waals surface area contributed by atoms with Crippen LogP contribution < -0.4 is 5.32 Å². The predicted octanol–water partition coefficient (Wildman–Crippen LogP) is 2.00. The molecule has 20 heavy (non-hydrogen) atoms. The summed E-state index contributed by atoms with van der Waals surface area (Å²) < 4.78 is 5.07. The number of hydrogen-bond donors (Lipinski definition) is 2. The fourth-order valence-corrected chi connectivity index (χ4v) is 1.78. The van der Waals surface area contributed by atoms with Crippen LogP contribution in [0.25, 0.3) is 0 Å². The number of hydrogen-bond acceptors (Lipinski definition) is 4. The quantitative estimate of drug-likeness (QED) is 0.870. The molecule has 5 heteroatoms. The molecule has 1 atom stereocenters. The molecule has 1 unspecified atom stereocenters. The van der Waals surface area contributed by atoms with Crippen LogP contribution in [-0.4, -0.2) is 17.6 Å². The maximum atomic E-state index is 11.9. The number of benzene rings is 1. The SMILES string of the molecule is N#Cc1cccc(C(=O)NCCC(O)c2ccco2)c1. The smallest absolute Gasteiger partial charge is 0.251 e. The largest absolute Gasteiger partial charge is 0.467 e. The van der Waals surface area contributed by atoms with Gasteiger partial charge in [0.2, 0.25) is 0 Å². The minimum Gasteiger partial charge on any atom is -0.467 e. The van der Waals surface area contributed by atoms with Crippen LogP contribution in [0.2, 0.25) is 0 Å². The van der Waals surface area contributed by atoms with Crippen LogP contribution in [0, 0.1) is 11.3 Å². The Labute approximate surface area is 116 Å². The van der Waals surface area contributed by atoms with Crippen molar-refractivity contribution in [3.8, 4) is 6.07 Å². The van der Waals surface area contributed by atoms with E-state index in [4.69, 9.17) is 9.68 Å². The average molecular weight is 270 g/mol. The fourth-order valence-electron chi connectivity index (χ4n) is 1.78. The first-order chi connectivity index (χ1) is 9.70. The van der Waals surface area contributed by atoms with E-state index in [2.05, 4.69) is 5.32 Å². The van der Waals surface area contributed by atoms with Crippen LogP contribution in [0.1, 0.15) is 34.2 Å². The third-order valence-electron chi connectivity index (χ3n) is 2.83. The second-order valence-corrected chi connectivity index (χ2v) is 4.27. The topological polar surface area (TPSA) is 86.3 Å². The summed E-state index contributed by atoms with van der Waals surface area (Å²) in [5, 5.41) is 21.3. The number of carbonyl (C=O) groups excluding carboxylic acids is 1. The van der Waals surface area contributed by atoms with Crippen molar-refractivity contribution in [2.75, 3.05) is 6.54 Å². The first-order valence-corrected chi connectivity index (χ1v) is 6.20. The maximum Gasteiger partial charge on any atom is 0.251 e. The standard InChI is InChI=1S/C15H14N2O3/c16-10-11-3-1-4-12(9-11)15(19)17-7-6-13(18)14-5-2-8-20-14/h1-5,8-9,13,18H,6-7H2,(H,17,19). The fraction of sp³-hybridized carbons (Fsp3) is 0.200. The van der Waals surface area contributed by atoms with Gasteiger partial charge < -0.3 is 14.8 Å². The Hall–Kier alpha value is -2.58.